The lowest BCUT2D eigenvalue weighted by Crippen LogP contribution is -2.32. The molecule has 2 unspecified atom stereocenters. The van der Waals surface area contributed by atoms with Crippen LogP contribution in [0.2, 0.25) is 0 Å². The fraction of sp³-hybridized carbons (Fsp3) is 0.263. The average molecular weight is 364 g/mol. The SMILES string of the molecule is Cc1cc(C)c2c(n1)sc1c(C(N)C(C)N)nc(-c3ccncc3)nc12. The highest BCUT2D eigenvalue weighted by molar-refractivity contribution is 7.25. The summed E-state index contributed by atoms with van der Waals surface area (Å²) >= 11 is 1.58. The molecule has 0 saturated carbocycles. The monoisotopic (exact) mass is 364 g/mol. The molecule has 7 heteroatoms. The Balaban J connectivity index is 2.11. The van der Waals surface area contributed by atoms with Gasteiger partial charge >= 0.3 is 0 Å². The van der Waals surface area contributed by atoms with Crippen molar-refractivity contribution in [2.45, 2.75) is 32.9 Å². The van der Waals surface area contributed by atoms with Crippen molar-refractivity contribution in [2.75, 3.05) is 0 Å². The zero-order chi connectivity index (χ0) is 18.4. The second kappa shape index (κ2) is 6.35. The van der Waals surface area contributed by atoms with Crippen molar-refractivity contribution >= 4 is 31.8 Å². The number of hydrogen-bond donors (Lipinski definition) is 2. The highest BCUT2D eigenvalue weighted by Gasteiger charge is 2.22. The molecule has 4 heterocycles. The zero-order valence-electron chi connectivity index (χ0n) is 14.9. The minimum Gasteiger partial charge on any atom is -0.326 e. The Labute approximate surface area is 155 Å². The van der Waals surface area contributed by atoms with Gasteiger partial charge in [-0.1, -0.05) is 0 Å². The molecule has 6 nitrogen and oxygen atoms in total. The van der Waals surface area contributed by atoms with Crippen LogP contribution in [0.4, 0.5) is 0 Å². The first-order valence-corrected chi connectivity index (χ1v) is 9.27. The third-order valence-corrected chi connectivity index (χ3v) is 5.55. The number of hydrogen-bond acceptors (Lipinski definition) is 7. The number of nitrogens with zero attached hydrogens (tertiary/aromatic N) is 4. The topological polar surface area (TPSA) is 104 Å². The van der Waals surface area contributed by atoms with E-state index in [1.165, 1.54) is 0 Å². The molecule has 0 amide bonds. The zero-order valence-corrected chi connectivity index (χ0v) is 15.7. The number of pyridine rings is 2. The van der Waals surface area contributed by atoms with Gasteiger partial charge in [-0.25, -0.2) is 15.0 Å². The summed E-state index contributed by atoms with van der Waals surface area (Å²) < 4.78 is 0.962. The molecule has 0 saturated heterocycles. The van der Waals surface area contributed by atoms with Crippen molar-refractivity contribution in [3.8, 4) is 11.4 Å². The summed E-state index contributed by atoms with van der Waals surface area (Å²) in [6.45, 7) is 5.98. The number of aromatic nitrogens is 4. The molecule has 0 aliphatic rings. The Kier molecular flexibility index (Phi) is 4.14. The maximum Gasteiger partial charge on any atom is 0.160 e. The van der Waals surface area contributed by atoms with E-state index in [1.807, 2.05) is 26.0 Å². The predicted molar refractivity (Wildman–Crippen MR) is 106 cm³/mol. The van der Waals surface area contributed by atoms with Gasteiger partial charge in [-0.3, -0.25) is 4.98 Å². The summed E-state index contributed by atoms with van der Waals surface area (Å²) in [6.07, 6.45) is 3.46. The predicted octanol–water partition coefficient (Wildman–Crippen LogP) is 3.27. The highest BCUT2D eigenvalue weighted by Crippen LogP contribution is 2.38. The van der Waals surface area contributed by atoms with Crippen LogP contribution in [0, 0.1) is 13.8 Å². The van der Waals surface area contributed by atoms with E-state index in [-0.39, 0.29) is 12.1 Å². The van der Waals surface area contributed by atoms with Crippen molar-refractivity contribution in [3.05, 3.63) is 47.5 Å². The van der Waals surface area contributed by atoms with E-state index in [2.05, 4.69) is 18.0 Å². The average Bonchev–Trinajstić information content (AvgIpc) is 2.99. The van der Waals surface area contributed by atoms with Gasteiger partial charge < -0.3 is 11.5 Å². The molecule has 4 rings (SSSR count). The van der Waals surface area contributed by atoms with Gasteiger partial charge in [0, 0.05) is 35.1 Å². The number of fused-ring (bicyclic) bond motifs is 3. The lowest BCUT2D eigenvalue weighted by molar-refractivity contribution is 0.579. The van der Waals surface area contributed by atoms with E-state index in [9.17, 15) is 0 Å². The first-order valence-electron chi connectivity index (χ1n) is 8.45. The first-order chi connectivity index (χ1) is 12.5. The van der Waals surface area contributed by atoms with Crippen LogP contribution in [-0.2, 0) is 0 Å². The smallest absolute Gasteiger partial charge is 0.160 e. The van der Waals surface area contributed by atoms with Gasteiger partial charge in [0.2, 0.25) is 0 Å². The van der Waals surface area contributed by atoms with Crippen molar-refractivity contribution < 1.29 is 0 Å². The molecule has 0 aromatic carbocycles. The summed E-state index contributed by atoms with van der Waals surface area (Å²) in [4.78, 5) is 19.4. The van der Waals surface area contributed by atoms with E-state index in [4.69, 9.17) is 26.4 Å². The van der Waals surface area contributed by atoms with Gasteiger partial charge in [-0.05, 0) is 44.5 Å². The third kappa shape index (κ3) is 2.74. The van der Waals surface area contributed by atoms with Gasteiger partial charge in [-0.15, -0.1) is 11.3 Å². The number of nitrogens with two attached hydrogens (primary N) is 2. The summed E-state index contributed by atoms with van der Waals surface area (Å²) in [6, 6.07) is 5.27. The van der Waals surface area contributed by atoms with E-state index >= 15 is 0 Å². The molecule has 0 bridgehead atoms. The highest BCUT2D eigenvalue weighted by atomic mass is 32.1. The Morgan fingerprint density at radius 2 is 1.77 bits per heavy atom. The molecule has 4 aromatic heterocycles. The maximum atomic E-state index is 6.40. The quantitative estimate of drug-likeness (QED) is 0.578. The van der Waals surface area contributed by atoms with Crippen molar-refractivity contribution in [3.63, 3.8) is 0 Å². The van der Waals surface area contributed by atoms with Crippen molar-refractivity contribution in [1.29, 1.82) is 0 Å². The van der Waals surface area contributed by atoms with Crippen LogP contribution < -0.4 is 11.5 Å². The van der Waals surface area contributed by atoms with Crippen LogP contribution in [0.15, 0.2) is 30.6 Å². The lowest BCUT2D eigenvalue weighted by atomic mass is 10.1. The number of thiophene rings is 1. The van der Waals surface area contributed by atoms with Gasteiger partial charge in [0.05, 0.1) is 22.0 Å². The molecule has 0 radical (unpaired) electrons. The molecular formula is C19H20N6S. The van der Waals surface area contributed by atoms with Gasteiger partial charge in [0.1, 0.15) is 4.83 Å². The van der Waals surface area contributed by atoms with Gasteiger partial charge in [-0.2, -0.15) is 0 Å². The molecule has 0 aliphatic carbocycles. The molecule has 0 spiro atoms. The fourth-order valence-electron chi connectivity index (χ4n) is 3.10. The first kappa shape index (κ1) is 17.0. The lowest BCUT2D eigenvalue weighted by Gasteiger charge is -2.16. The van der Waals surface area contributed by atoms with Gasteiger partial charge in [0.25, 0.3) is 0 Å². The molecule has 4 aromatic rings. The van der Waals surface area contributed by atoms with E-state index in [1.54, 1.807) is 23.7 Å². The van der Waals surface area contributed by atoms with Crippen molar-refractivity contribution in [1.82, 2.24) is 19.9 Å². The summed E-state index contributed by atoms with van der Waals surface area (Å²) in [5.41, 5.74) is 17.2. The Morgan fingerprint density at radius 3 is 2.46 bits per heavy atom. The summed E-state index contributed by atoms with van der Waals surface area (Å²) in [7, 11) is 0. The van der Waals surface area contributed by atoms with E-state index < -0.39 is 0 Å². The Bertz CT molecular complexity index is 1100. The molecule has 2 atom stereocenters. The molecule has 4 N–H and O–H groups in total. The molecular weight excluding hydrogens is 344 g/mol. The second-order valence-corrected chi connectivity index (χ2v) is 7.59. The van der Waals surface area contributed by atoms with Crippen LogP contribution in [0.3, 0.4) is 0 Å². The van der Waals surface area contributed by atoms with Crippen LogP contribution in [0.5, 0.6) is 0 Å². The van der Waals surface area contributed by atoms with Crippen LogP contribution in [0.1, 0.15) is 29.9 Å². The fourth-order valence-corrected chi connectivity index (χ4v) is 4.38. The molecule has 26 heavy (non-hydrogen) atoms. The minimum atomic E-state index is -0.379. The largest absolute Gasteiger partial charge is 0.326 e. The van der Waals surface area contributed by atoms with Crippen LogP contribution in [0.25, 0.3) is 31.8 Å². The third-order valence-electron chi connectivity index (χ3n) is 4.46. The number of aryl methyl sites for hydroxylation is 2. The number of rotatable bonds is 3. The molecule has 0 fully saturated rings. The Hall–Kier alpha value is -2.48. The molecule has 132 valence electrons. The normalized spacial score (nSPS) is 14.0. The van der Waals surface area contributed by atoms with E-state index in [0.717, 1.165) is 42.9 Å². The standard InChI is InChI=1S/C19H20N6S/c1-9-8-10(2)23-19-13(9)15-17(26-19)16(14(21)11(3)20)25-18(24-15)12-4-6-22-7-5-12/h4-8,11,14H,20-21H2,1-3H3. The second-order valence-electron chi connectivity index (χ2n) is 6.59. The summed E-state index contributed by atoms with van der Waals surface area (Å²) in [5.74, 6) is 0.630. The van der Waals surface area contributed by atoms with Crippen molar-refractivity contribution in [2.24, 2.45) is 11.5 Å². The van der Waals surface area contributed by atoms with Gasteiger partial charge in [0.15, 0.2) is 5.82 Å². The Morgan fingerprint density at radius 1 is 1.04 bits per heavy atom. The van der Waals surface area contributed by atoms with E-state index in [0.29, 0.717) is 5.82 Å². The molecule has 0 aliphatic heterocycles. The van der Waals surface area contributed by atoms with Crippen LogP contribution >= 0.6 is 11.3 Å². The maximum absolute atomic E-state index is 6.40. The van der Waals surface area contributed by atoms with Crippen LogP contribution in [-0.4, -0.2) is 26.0 Å². The summed E-state index contributed by atoms with van der Waals surface area (Å²) in [5, 5.41) is 1.06. The minimum absolute atomic E-state index is 0.223.